The van der Waals surface area contributed by atoms with E-state index in [4.69, 9.17) is 14.3 Å². The van der Waals surface area contributed by atoms with Gasteiger partial charge in [0, 0.05) is 11.0 Å². The lowest BCUT2D eigenvalue weighted by Crippen LogP contribution is -2.27. The molecule has 2 N–H and O–H groups in total. The first kappa shape index (κ1) is 23.4. The van der Waals surface area contributed by atoms with Crippen molar-refractivity contribution in [3.8, 4) is 0 Å². The summed E-state index contributed by atoms with van der Waals surface area (Å²) in [6, 6.07) is 0. The fraction of sp³-hybridized carbons (Fsp3) is 0.533. The fourth-order valence-electron chi connectivity index (χ4n) is 0.927. The van der Waals surface area contributed by atoms with E-state index in [1.807, 2.05) is 20.8 Å². The molecular formula is C15H26O5. The molecule has 0 aromatic carbocycles. The third kappa shape index (κ3) is 16.3. The molecule has 5 heteroatoms. The minimum absolute atomic E-state index is 0. The van der Waals surface area contributed by atoms with E-state index in [1.54, 1.807) is 6.92 Å². The van der Waals surface area contributed by atoms with Gasteiger partial charge in [-0.2, -0.15) is 0 Å². The lowest BCUT2D eigenvalue weighted by molar-refractivity contribution is -0.143. The van der Waals surface area contributed by atoms with Gasteiger partial charge in [-0.15, -0.1) is 0 Å². The highest BCUT2D eigenvalue weighted by Gasteiger charge is 2.20. The van der Waals surface area contributed by atoms with Crippen LogP contribution in [0.4, 0.5) is 0 Å². The Kier molecular flexibility index (Phi) is 14.5. The quantitative estimate of drug-likeness (QED) is 0.310. The Morgan fingerprint density at radius 2 is 1.65 bits per heavy atom. The molecule has 0 spiro atoms. The van der Waals surface area contributed by atoms with Crippen LogP contribution in [-0.2, 0) is 19.1 Å². The Morgan fingerprint density at radius 1 is 1.20 bits per heavy atom. The Bertz CT molecular complexity index is 349. The molecule has 0 heterocycles. The maximum atomic E-state index is 11.2. The number of hydrogen-bond donors (Lipinski definition) is 0. The Labute approximate surface area is 121 Å². The van der Waals surface area contributed by atoms with Crippen LogP contribution in [0.5, 0.6) is 0 Å². The predicted octanol–water partition coefficient (Wildman–Crippen LogP) is 1.90. The first-order valence-electron chi connectivity index (χ1n) is 5.85. The van der Waals surface area contributed by atoms with Gasteiger partial charge in [-0.05, 0) is 20.4 Å². The maximum absolute atomic E-state index is 11.2. The third-order valence-corrected chi connectivity index (χ3v) is 1.78. The minimum Gasteiger partial charge on any atom is -0.462 e. The smallest absolute Gasteiger partial charge is 0.333 e. The van der Waals surface area contributed by atoms with Crippen LogP contribution in [0.15, 0.2) is 30.9 Å². The number of hydrogen-bond acceptors (Lipinski definition) is 4. The van der Waals surface area contributed by atoms with Gasteiger partial charge in [0.2, 0.25) is 0 Å². The minimum atomic E-state index is -0.354. The summed E-state index contributed by atoms with van der Waals surface area (Å²) in [5.74, 6) is 0.896. The molecule has 0 aromatic heterocycles. The third-order valence-electron chi connectivity index (χ3n) is 1.78. The van der Waals surface area contributed by atoms with Gasteiger partial charge < -0.3 is 14.9 Å². The predicted molar refractivity (Wildman–Crippen MR) is 80.1 cm³/mol. The molecule has 0 aliphatic heterocycles. The average molecular weight is 286 g/mol. The number of carbonyl (C=O) groups excluding carboxylic acids is 2. The second-order valence-corrected chi connectivity index (χ2v) is 5.11. The monoisotopic (exact) mass is 286 g/mol. The molecule has 0 unspecified atom stereocenters. The second kappa shape index (κ2) is 12.4. The van der Waals surface area contributed by atoms with Gasteiger partial charge in [0.1, 0.15) is 5.94 Å². The van der Waals surface area contributed by atoms with Gasteiger partial charge in [0.15, 0.2) is 0 Å². The van der Waals surface area contributed by atoms with E-state index < -0.39 is 0 Å². The molecule has 0 aliphatic rings. The van der Waals surface area contributed by atoms with E-state index in [2.05, 4.69) is 19.7 Å². The van der Waals surface area contributed by atoms with Crippen molar-refractivity contribution in [3.63, 3.8) is 0 Å². The summed E-state index contributed by atoms with van der Waals surface area (Å²) in [7, 11) is 0. The van der Waals surface area contributed by atoms with E-state index >= 15 is 0 Å². The van der Waals surface area contributed by atoms with Gasteiger partial charge in [-0.25, -0.2) is 9.59 Å². The summed E-state index contributed by atoms with van der Waals surface area (Å²) in [6.45, 7) is 18.9. The molecule has 116 valence electrons. The van der Waals surface area contributed by atoms with Crippen LogP contribution in [0.2, 0.25) is 0 Å². The van der Waals surface area contributed by atoms with Crippen molar-refractivity contribution < 1.29 is 24.5 Å². The van der Waals surface area contributed by atoms with Crippen LogP contribution >= 0.6 is 0 Å². The van der Waals surface area contributed by atoms with Crippen LogP contribution in [0.25, 0.3) is 0 Å². The Morgan fingerprint density at radius 3 is 2.00 bits per heavy atom. The summed E-state index contributed by atoms with van der Waals surface area (Å²) in [5.41, 5.74) is 1.20. The molecule has 5 nitrogen and oxygen atoms in total. The van der Waals surface area contributed by atoms with Crippen molar-refractivity contribution in [2.24, 2.45) is 5.41 Å². The topological polar surface area (TPSA) is 84.1 Å². The summed E-state index contributed by atoms with van der Waals surface area (Å²) >= 11 is 0. The van der Waals surface area contributed by atoms with E-state index in [1.165, 1.54) is 5.94 Å². The summed E-state index contributed by atoms with van der Waals surface area (Å²) < 4.78 is 10.5. The molecule has 0 bridgehead atoms. The molecule has 0 amide bonds. The van der Waals surface area contributed by atoms with E-state index in [0.717, 1.165) is 5.57 Å². The maximum Gasteiger partial charge on any atom is 0.333 e. The van der Waals surface area contributed by atoms with Crippen molar-refractivity contribution in [1.29, 1.82) is 0 Å². The Hall–Kier alpha value is -1.68. The van der Waals surface area contributed by atoms with Crippen molar-refractivity contribution in [2.75, 3.05) is 19.8 Å². The summed E-state index contributed by atoms with van der Waals surface area (Å²) in [4.78, 5) is 19.8. The number of esters is 1. The summed E-state index contributed by atoms with van der Waals surface area (Å²) in [6.07, 6.45) is 0. The molecule has 0 saturated carbocycles. The first-order valence-corrected chi connectivity index (χ1v) is 5.85. The zero-order valence-corrected chi connectivity index (χ0v) is 12.9. The normalized spacial score (nSPS) is 9.20. The van der Waals surface area contributed by atoms with E-state index in [-0.39, 0.29) is 16.9 Å². The SMILES string of the molecule is C=C(C)COCC(C)(C)COC(=O)C(=C)C.C=C=O.O. The number of carbonyl (C=O) groups is 1. The molecule has 20 heavy (non-hydrogen) atoms. The van der Waals surface area contributed by atoms with Gasteiger partial charge in [0.05, 0.1) is 19.8 Å². The highest BCUT2D eigenvalue weighted by Crippen LogP contribution is 2.16. The van der Waals surface area contributed by atoms with Crippen molar-refractivity contribution in [2.45, 2.75) is 27.7 Å². The molecule has 0 saturated heterocycles. The van der Waals surface area contributed by atoms with Crippen molar-refractivity contribution >= 4 is 11.9 Å². The van der Waals surface area contributed by atoms with E-state index in [9.17, 15) is 4.79 Å². The van der Waals surface area contributed by atoms with Crippen LogP contribution in [0.3, 0.4) is 0 Å². The molecule has 0 aromatic rings. The number of ether oxygens (including phenoxy) is 2. The molecule has 0 radical (unpaired) electrons. The van der Waals surface area contributed by atoms with E-state index in [0.29, 0.717) is 25.4 Å². The molecular weight excluding hydrogens is 260 g/mol. The lowest BCUT2D eigenvalue weighted by Gasteiger charge is -2.24. The highest BCUT2D eigenvalue weighted by atomic mass is 16.5. The highest BCUT2D eigenvalue weighted by molar-refractivity contribution is 5.86. The van der Waals surface area contributed by atoms with Gasteiger partial charge in [-0.1, -0.05) is 32.6 Å². The van der Waals surface area contributed by atoms with Crippen LogP contribution in [0.1, 0.15) is 27.7 Å². The van der Waals surface area contributed by atoms with Gasteiger partial charge >= 0.3 is 5.97 Å². The largest absolute Gasteiger partial charge is 0.462 e. The average Bonchev–Trinajstić information content (AvgIpc) is 2.26. The molecule has 0 atom stereocenters. The van der Waals surface area contributed by atoms with Crippen LogP contribution < -0.4 is 0 Å². The van der Waals surface area contributed by atoms with Crippen molar-refractivity contribution in [3.05, 3.63) is 30.9 Å². The van der Waals surface area contributed by atoms with Gasteiger partial charge in [-0.3, -0.25) is 0 Å². The van der Waals surface area contributed by atoms with Crippen LogP contribution in [0, 0.1) is 5.41 Å². The second-order valence-electron chi connectivity index (χ2n) is 5.11. The Balaban J connectivity index is -0.000000657. The number of rotatable bonds is 7. The summed E-state index contributed by atoms with van der Waals surface area (Å²) in [5, 5.41) is 0. The first-order chi connectivity index (χ1) is 8.66. The van der Waals surface area contributed by atoms with Crippen molar-refractivity contribution in [1.82, 2.24) is 0 Å². The molecule has 0 fully saturated rings. The lowest BCUT2D eigenvalue weighted by atomic mass is 9.96. The van der Waals surface area contributed by atoms with Crippen LogP contribution in [-0.4, -0.2) is 37.2 Å². The standard InChI is InChI=1S/C13H22O3.C2H2O.H2O/c1-10(2)7-15-8-13(5,6)9-16-12(14)11(3)4;1-2-3;/h1,3,7-9H2,2,4-6H3;1H2;1H2. The molecule has 0 rings (SSSR count). The molecule has 0 aliphatic carbocycles. The zero-order chi connectivity index (χ0) is 15.5. The fourth-order valence-corrected chi connectivity index (χ4v) is 0.927. The van der Waals surface area contributed by atoms with Gasteiger partial charge in [0.25, 0.3) is 0 Å². The zero-order valence-electron chi connectivity index (χ0n) is 12.9.